The zero-order chi connectivity index (χ0) is 16.3. The highest BCUT2D eigenvalue weighted by atomic mass is 32.1. The van der Waals surface area contributed by atoms with Gasteiger partial charge in [0, 0.05) is 11.3 Å². The normalized spacial score (nSPS) is 11.9. The van der Waals surface area contributed by atoms with Gasteiger partial charge in [-0.2, -0.15) is 0 Å². The molecule has 0 aliphatic rings. The van der Waals surface area contributed by atoms with Gasteiger partial charge in [0.05, 0.1) is 11.2 Å². The number of hydrogen-bond donors (Lipinski definition) is 1. The number of aromatic nitrogens is 3. The third-order valence-electron chi connectivity index (χ3n) is 3.37. The van der Waals surface area contributed by atoms with Crippen LogP contribution < -0.4 is 5.32 Å². The van der Waals surface area contributed by atoms with E-state index in [2.05, 4.69) is 55.1 Å². The fourth-order valence-electron chi connectivity index (χ4n) is 1.97. The van der Waals surface area contributed by atoms with E-state index in [4.69, 9.17) is 0 Å². The number of rotatable bonds is 5. The quantitative estimate of drug-likeness (QED) is 0.874. The van der Waals surface area contributed by atoms with Crippen molar-refractivity contribution in [3.63, 3.8) is 0 Å². The minimum absolute atomic E-state index is 0.0470. The van der Waals surface area contributed by atoms with E-state index >= 15 is 0 Å². The Kier molecular flexibility index (Phi) is 5.28. The molecule has 1 amide bonds. The molecule has 120 valence electrons. The molecule has 5 nitrogen and oxygen atoms in total. The SMILES string of the molecule is CCC(CC)c1nnc(NC(=O)c2cnc(C(C)(C)C)s2)s1. The lowest BCUT2D eigenvalue weighted by atomic mass is 9.98. The smallest absolute Gasteiger partial charge is 0.269 e. The highest BCUT2D eigenvalue weighted by Crippen LogP contribution is 2.30. The third kappa shape index (κ3) is 3.89. The molecule has 2 aromatic heterocycles. The zero-order valence-corrected chi connectivity index (χ0v) is 15.3. The molecule has 0 unspecified atom stereocenters. The number of thiazole rings is 1. The Bertz CT molecular complexity index is 638. The van der Waals surface area contributed by atoms with E-state index in [1.807, 2.05) is 0 Å². The summed E-state index contributed by atoms with van der Waals surface area (Å²) in [6.07, 6.45) is 3.69. The van der Waals surface area contributed by atoms with Gasteiger partial charge in [0.1, 0.15) is 9.88 Å². The van der Waals surface area contributed by atoms with Gasteiger partial charge in [-0.25, -0.2) is 4.98 Å². The summed E-state index contributed by atoms with van der Waals surface area (Å²) in [6.45, 7) is 10.5. The largest absolute Gasteiger partial charge is 0.296 e. The molecule has 0 aromatic carbocycles. The molecule has 7 heteroatoms. The van der Waals surface area contributed by atoms with Crippen molar-refractivity contribution < 1.29 is 4.79 Å². The fraction of sp³-hybridized carbons (Fsp3) is 0.600. The molecule has 2 rings (SSSR count). The standard InChI is InChI=1S/C15H22N4OS2/c1-6-9(7-2)12-18-19-14(22-12)17-11(20)10-8-16-13(21-10)15(3,4)5/h8-9H,6-7H2,1-5H3,(H,17,19,20). The number of carbonyl (C=O) groups excluding carboxylic acids is 1. The maximum Gasteiger partial charge on any atom is 0.269 e. The minimum Gasteiger partial charge on any atom is -0.296 e. The number of carbonyl (C=O) groups is 1. The maximum absolute atomic E-state index is 12.3. The second-order valence-corrected chi connectivity index (χ2v) is 8.23. The lowest BCUT2D eigenvalue weighted by Gasteiger charge is -2.13. The Balaban J connectivity index is 2.08. The van der Waals surface area contributed by atoms with Gasteiger partial charge in [-0.1, -0.05) is 46.0 Å². The van der Waals surface area contributed by atoms with Crippen LogP contribution in [0.2, 0.25) is 0 Å². The molecular weight excluding hydrogens is 316 g/mol. The highest BCUT2D eigenvalue weighted by Gasteiger charge is 2.21. The van der Waals surface area contributed by atoms with E-state index in [9.17, 15) is 4.79 Å². The van der Waals surface area contributed by atoms with E-state index in [0.717, 1.165) is 22.9 Å². The first-order valence-electron chi connectivity index (χ1n) is 7.46. The van der Waals surface area contributed by atoms with E-state index in [0.29, 0.717) is 15.9 Å². The Hall–Kier alpha value is -1.34. The van der Waals surface area contributed by atoms with E-state index in [-0.39, 0.29) is 11.3 Å². The van der Waals surface area contributed by atoms with Gasteiger partial charge in [-0.15, -0.1) is 21.5 Å². The molecule has 0 fully saturated rings. The molecule has 1 N–H and O–H groups in total. The summed E-state index contributed by atoms with van der Waals surface area (Å²) >= 11 is 2.88. The van der Waals surface area contributed by atoms with Gasteiger partial charge in [-0.3, -0.25) is 10.1 Å². The minimum atomic E-state index is -0.166. The first-order chi connectivity index (χ1) is 10.3. The number of amides is 1. The van der Waals surface area contributed by atoms with Crippen LogP contribution in [0, 0.1) is 0 Å². The van der Waals surface area contributed by atoms with E-state index in [1.54, 1.807) is 6.20 Å². The highest BCUT2D eigenvalue weighted by molar-refractivity contribution is 7.16. The molecule has 0 aliphatic carbocycles. The van der Waals surface area contributed by atoms with Crippen LogP contribution in [0.15, 0.2) is 6.20 Å². The third-order valence-corrected chi connectivity index (χ3v) is 5.79. The van der Waals surface area contributed by atoms with Crippen LogP contribution in [0.1, 0.15) is 73.1 Å². The summed E-state index contributed by atoms with van der Waals surface area (Å²) in [5.74, 6) is 0.249. The van der Waals surface area contributed by atoms with Crippen molar-refractivity contribution in [1.82, 2.24) is 15.2 Å². The van der Waals surface area contributed by atoms with Crippen molar-refractivity contribution in [2.24, 2.45) is 0 Å². The molecule has 0 radical (unpaired) electrons. The average Bonchev–Trinajstić information content (AvgIpc) is 3.08. The summed E-state index contributed by atoms with van der Waals surface area (Å²) in [6, 6.07) is 0. The molecule has 0 atom stereocenters. The van der Waals surface area contributed by atoms with Crippen molar-refractivity contribution in [3.8, 4) is 0 Å². The van der Waals surface area contributed by atoms with Gasteiger partial charge >= 0.3 is 0 Å². The molecule has 0 bridgehead atoms. The molecule has 0 aliphatic heterocycles. The van der Waals surface area contributed by atoms with Crippen molar-refractivity contribution >= 4 is 33.7 Å². The second-order valence-electron chi connectivity index (χ2n) is 6.19. The number of anilines is 1. The molecule has 2 aromatic rings. The topological polar surface area (TPSA) is 67.8 Å². The van der Waals surface area contributed by atoms with Crippen molar-refractivity contribution in [1.29, 1.82) is 0 Å². The van der Waals surface area contributed by atoms with Crippen LogP contribution in [-0.4, -0.2) is 21.1 Å². The van der Waals surface area contributed by atoms with Crippen LogP contribution in [-0.2, 0) is 5.41 Å². The molecular formula is C15H22N4OS2. The monoisotopic (exact) mass is 338 g/mol. The Labute approximate surface area is 139 Å². The number of nitrogens with zero attached hydrogens (tertiary/aromatic N) is 3. The predicted molar refractivity (Wildman–Crippen MR) is 92.0 cm³/mol. The van der Waals surface area contributed by atoms with Gasteiger partial charge in [0.25, 0.3) is 5.91 Å². The van der Waals surface area contributed by atoms with Crippen molar-refractivity contribution in [2.75, 3.05) is 5.32 Å². The van der Waals surface area contributed by atoms with Crippen molar-refractivity contribution in [3.05, 3.63) is 21.1 Å². The Morgan fingerprint density at radius 1 is 1.23 bits per heavy atom. The number of hydrogen-bond acceptors (Lipinski definition) is 6. The van der Waals surface area contributed by atoms with E-state index in [1.165, 1.54) is 22.7 Å². The van der Waals surface area contributed by atoms with Crippen molar-refractivity contribution in [2.45, 2.75) is 58.8 Å². The van der Waals surface area contributed by atoms with Gasteiger partial charge in [-0.05, 0) is 12.8 Å². The summed E-state index contributed by atoms with van der Waals surface area (Å²) in [5.41, 5.74) is -0.0470. The fourth-order valence-corrected chi connectivity index (χ4v) is 3.85. The molecule has 22 heavy (non-hydrogen) atoms. The Morgan fingerprint density at radius 2 is 1.91 bits per heavy atom. The number of nitrogens with one attached hydrogen (secondary N) is 1. The molecule has 2 heterocycles. The summed E-state index contributed by atoms with van der Waals surface area (Å²) in [5, 5.41) is 13.6. The van der Waals surface area contributed by atoms with Gasteiger partial charge in [0.15, 0.2) is 0 Å². The Morgan fingerprint density at radius 3 is 2.45 bits per heavy atom. The van der Waals surface area contributed by atoms with Crippen LogP contribution in [0.25, 0.3) is 0 Å². The maximum atomic E-state index is 12.3. The van der Waals surface area contributed by atoms with Gasteiger partial charge in [0.2, 0.25) is 5.13 Å². The first kappa shape index (κ1) is 17.0. The van der Waals surface area contributed by atoms with Crippen LogP contribution in [0.5, 0.6) is 0 Å². The van der Waals surface area contributed by atoms with E-state index < -0.39 is 0 Å². The lowest BCUT2D eigenvalue weighted by molar-refractivity contribution is 0.103. The van der Waals surface area contributed by atoms with Crippen LogP contribution in [0.3, 0.4) is 0 Å². The average molecular weight is 339 g/mol. The second kappa shape index (κ2) is 6.83. The summed E-state index contributed by atoms with van der Waals surface area (Å²) in [7, 11) is 0. The molecule has 0 saturated heterocycles. The predicted octanol–water partition coefficient (Wildman–Crippen LogP) is 4.45. The van der Waals surface area contributed by atoms with Crippen LogP contribution in [0.4, 0.5) is 5.13 Å². The molecule has 0 saturated carbocycles. The first-order valence-corrected chi connectivity index (χ1v) is 9.09. The summed E-state index contributed by atoms with van der Waals surface area (Å²) in [4.78, 5) is 17.2. The zero-order valence-electron chi connectivity index (χ0n) is 13.6. The molecule has 0 spiro atoms. The summed E-state index contributed by atoms with van der Waals surface area (Å²) < 4.78 is 0. The van der Waals surface area contributed by atoms with Crippen LogP contribution >= 0.6 is 22.7 Å². The lowest BCUT2D eigenvalue weighted by Crippen LogP contribution is -2.10. The van der Waals surface area contributed by atoms with Gasteiger partial charge < -0.3 is 0 Å².